The molecule has 0 bridgehead atoms. The number of rotatable bonds is 2. The first-order chi connectivity index (χ1) is 8.36. The van der Waals surface area contributed by atoms with Crippen molar-refractivity contribution in [2.24, 2.45) is 0 Å². The predicted molar refractivity (Wildman–Crippen MR) is 64.5 cm³/mol. The molecule has 0 spiro atoms. The Bertz CT molecular complexity index is 626. The number of nitrogens with zero attached hydrogens (tertiary/aromatic N) is 1. The molecule has 0 fully saturated rings. The van der Waals surface area contributed by atoms with Crippen molar-refractivity contribution >= 4 is 10.8 Å². The summed E-state index contributed by atoms with van der Waals surface area (Å²) in [6.45, 7) is 0. The van der Waals surface area contributed by atoms with E-state index in [0.29, 0.717) is 11.3 Å². The third-order valence-electron chi connectivity index (χ3n) is 2.82. The number of fused-ring (bicyclic) bond motifs is 1. The van der Waals surface area contributed by atoms with Gasteiger partial charge in [-0.3, -0.25) is 4.98 Å². The van der Waals surface area contributed by atoms with Gasteiger partial charge in [0.05, 0.1) is 18.2 Å². The Balaban J connectivity index is 2.17. The molecule has 1 atom stereocenters. The van der Waals surface area contributed by atoms with Crippen molar-refractivity contribution in [3.8, 4) is 0 Å². The molecule has 1 N–H and O–H groups in total. The largest absolute Gasteiger partial charge is 0.472 e. The van der Waals surface area contributed by atoms with E-state index in [2.05, 4.69) is 4.98 Å². The molecule has 17 heavy (non-hydrogen) atoms. The van der Waals surface area contributed by atoms with Gasteiger partial charge >= 0.3 is 0 Å². The molecule has 3 rings (SSSR count). The van der Waals surface area contributed by atoms with E-state index in [9.17, 15) is 5.11 Å². The lowest BCUT2D eigenvalue weighted by Crippen LogP contribution is -2.01. The smallest absolute Gasteiger partial charge is 0.125 e. The van der Waals surface area contributed by atoms with Crippen LogP contribution in [0.15, 0.2) is 59.5 Å². The van der Waals surface area contributed by atoms with Crippen LogP contribution in [-0.4, -0.2) is 10.1 Å². The summed E-state index contributed by atoms with van der Waals surface area (Å²) in [4.78, 5) is 4.27. The lowest BCUT2D eigenvalue weighted by atomic mass is 10.0. The average Bonchev–Trinajstić information content (AvgIpc) is 2.91. The van der Waals surface area contributed by atoms with Gasteiger partial charge in [0.2, 0.25) is 0 Å². The summed E-state index contributed by atoms with van der Waals surface area (Å²) >= 11 is 0. The maximum absolute atomic E-state index is 10.3. The highest BCUT2D eigenvalue weighted by molar-refractivity contribution is 5.84. The molecule has 3 heteroatoms. The van der Waals surface area contributed by atoms with Gasteiger partial charge < -0.3 is 9.52 Å². The van der Waals surface area contributed by atoms with Gasteiger partial charge in [-0.1, -0.05) is 24.3 Å². The van der Waals surface area contributed by atoms with E-state index in [4.69, 9.17) is 4.42 Å². The Kier molecular flexibility index (Phi) is 2.38. The van der Waals surface area contributed by atoms with Gasteiger partial charge in [-0.2, -0.15) is 0 Å². The van der Waals surface area contributed by atoms with Crippen molar-refractivity contribution in [3.63, 3.8) is 0 Å². The Morgan fingerprint density at radius 3 is 2.82 bits per heavy atom. The lowest BCUT2D eigenvalue weighted by Gasteiger charge is -2.10. The summed E-state index contributed by atoms with van der Waals surface area (Å²) in [5.41, 5.74) is 1.37. The van der Waals surface area contributed by atoms with Gasteiger partial charge in [0.15, 0.2) is 0 Å². The first-order valence-electron chi connectivity index (χ1n) is 5.40. The summed E-state index contributed by atoms with van der Waals surface area (Å²) in [7, 11) is 0. The second-order valence-electron chi connectivity index (χ2n) is 3.88. The van der Waals surface area contributed by atoms with E-state index in [1.807, 2.05) is 30.3 Å². The maximum atomic E-state index is 10.3. The van der Waals surface area contributed by atoms with E-state index >= 15 is 0 Å². The molecule has 0 amide bonds. The normalized spacial score (nSPS) is 12.8. The average molecular weight is 225 g/mol. The van der Waals surface area contributed by atoms with Crippen LogP contribution in [0.4, 0.5) is 0 Å². The van der Waals surface area contributed by atoms with Crippen molar-refractivity contribution in [1.82, 2.24) is 4.98 Å². The van der Waals surface area contributed by atoms with E-state index in [-0.39, 0.29) is 0 Å². The Morgan fingerprint density at radius 2 is 2.00 bits per heavy atom. The summed E-state index contributed by atoms with van der Waals surface area (Å²) in [6.07, 6.45) is 4.04. The van der Waals surface area contributed by atoms with Crippen LogP contribution in [0.5, 0.6) is 0 Å². The molecule has 1 aromatic carbocycles. The maximum Gasteiger partial charge on any atom is 0.125 e. The molecule has 2 heterocycles. The molecule has 0 aliphatic rings. The minimum atomic E-state index is -0.750. The molecule has 0 saturated heterocycles. The molecular formula is C14H11NO2. The van der Waals surface area contributed by atoms with Crippen molar-refractivity contribution in [2.75, 3.05) is 0 Å². The van der Waals surface area contributed by atoms with Gasteiger partial charge in [0.25, 0.3) is 0 Å². The highest BCUT2D eigenvalue weighted by atomic mass is 16.3. The monoisotopic (exact) mass is 225 g/mol. The molecule has 84 valence electrons. The second kappa shape index (κ2) is 4.03. The second-order valence-corrected chi connectivity index (χ2v) is 3.88. The van der Waals surface area contributed by atoms with Crippen LogP contribution in [0.1, 0.15) is 17.4 Å². The molecule has 2 aromatic heterocycles. The highest BCUT2D eigenvalue weighted by Gasteiger charge is 2.15. The van der Waals surface area contributed by atoms with Crippen molar-refractivity contribution < 1.29 is 9.52 Å². The van der Waals surface area contributed by atoms with Gasteiger partial charge in [-0.15, -0.1) is 0 Å². The minimum absolute atomic E-state index is 0.657. The molecule has 0 aliphatic carbocycles. The minimum Gasteiger partial charge on any atom is -0.472 e. The quantitative estimate of drug-likeness (QED) is 0.729. The fourth-order valence-corrected chi connectivity index (χ4v) is 1.95. The molecule has 0 radical (unpaired) electrons. The number of hydrogen-bond acceptors (Lipinski definition) is 3. The van der Waals surface area contributed by atoms with Crippen LogP contribution in [0.2, 0.25) is 0 Å². The molecular weight excluding hydrogens is 214 g/mol. The summed E-state index contributed by atoms with van der Waals surface area (Å²) in [5.74, 6) is 0. The first kappa shape index (κ1) is 10.1. The number of aliphatic hydroxyl groups is 1. The van der Waals surface area contributed by atoms with Gasteiger partial charge in [-0.25, -0.2) is 0 Å². The van der Waals surface area contributed by atoms with Gasteiger partial charge in [-0.05, 0) is 17.5 Å². The number of aromatic nitrogens is 1. The number of hydrogen-bond donors (Lipinski definition) is 1. The van der Waals surface area contributed by atoms with E-state index in [1.165, 1.54) is 6.26 Å². The van der Waals surface area contributed by atoms with Crippen molar-refractivity contribution in [3.05, 3.63) is 66.4 Å². The molecule has 3 aromatic rings. The topological polar surface area (TPSA) is 46.3 Å². The summed E-state index contributed by atoms with van der Waals surface area (Å²) in [6, 6.07) is 11.5. The zero-order valence-corrected chi connectivity index (χ0v) is 9.08. The van der Waals surface area contributed by atoms with E-state index in [1.54, 1.807) is 18.5 Å². The van der Waals surface area contributed by atoms with Crippen LogP contribution in [0, 0.1) is 0 Å². The number of furan rings is 1. The first-order valence-corrected chi connectivity index (χ1v) is 5.40. The van der Waals surface area contributed by atoms with Crippen molar-refractivity contribution in [2.45, 2.75) is 6.10 Å². The Labute approximate surface area is 98.3 Å². The van der Waals surface area contributed by atoms with Gasteiger partial charge in [0.1, 0.15) is 6.10 Å². The van der Waals surface area contributed by atoms with Crippen molar-refractivity contribution in [1.29, 1.82) is 0 Å². The molecule has 3 nitrogen and oxygen atoms in total. The predicted octanol–water partition coefficient (Wildman–Crippen LogP) is 2.91. The number of pyridine rings is 1. The third kappa shape index (κ3) is 1.70. The molecule has 0 saturated carbocycles. The van der Waals surface area contributed by atoms with Crippen LogP contribution >= 0.6 is 0 Å². The van der Waals surface area contributed by atoms with E-state index < -0.39 is 6.10 Å². The SMILES string of the molecule is OC(c1ccoc1)c1nccc2ccccc12. The number of benzene rings is 1. The standard InChI is InChI=1S/C14H11NO2/c16-14(11-6-8-17-9-11)13-12-4-2-1-3-10(12)5-7-15-13/h1-9,14,16H. The fraction of sp³-hybridized carbons (Fsp3) is 0.0714. The van der Waals surface area contributed by atoms with E-state index in [0.717, 1.165) is 10.8 Å². The Hall–Kier alpha value is -2.13. The highest BCUT2D eigenvalue weighted by Crippen LogP contribution is 2.26. The zero-order chi connectivity index (χ0) is 11.7. The Morgan fingerprint density at radius 1 is 1.12 bits per heavy atom. The molecule has 0 aliphatic heterocycles. The summed E-state index contributed by atoms with van der Waals surface area (Å²) in [5, 5.41) is 12.3. The number of aliphatic hydroxyl groups excluding tert-OH is 1. The zero-order valence-electron chi connectivity index (χ0n) is 9.08. The van der Waals surface area contributed by atoms with Crippen LogP contribution in [-0.2, 0) is 0 Å². The van der Waals surface area contributed by atoms with Crippen LogP contribution in [0.25, 0.3) is 10.8 Å². The third-order valence-corrected chi connectivity index (χ3v) is 2.82. The van der Waals surface area contributed by atoms with Gasteiger partial charge in [0, 0.05) is 17.1 Å². The van der Waals surface area contributed by atoms with Crippen LogP contribution < -0.4 is 0 Å². The molecule has 1 unspecified atom stereocenters. The fourth-order valence-electron chi connectivity index (χ4n) is 1.95. The van der Waals surface area contributed by atoms with Crippen LogP contribution in [0.3, 0.4) is 0 Å². The lowest BCUT2D eigenvalue weighted by molar-refractivity contribution is 0.216. The summed E-state index contributed by atoms with van der Waals surface area (Å²) < 4.78 is 4.98.